The fourth-order valence-electron chi connectivity index (χ4n) is 3.06. The average molecular weight is 428 g/mol. The third kappa shape index (κ3) is 5.10. The van der Waals surface area contributed by atoms with Crippen molar-refractivity contribution in [2.45, 2.75) is 44.8 Å². The van der Waals surface area contributed by atoms with E-state index in [0.29, 0.717) is 29.2 Å². The topological polar surface area (TPSA) is 116 Å². The van der Waals surface area contributed by atoms with Crippen LogP contribution in [0, 0.1) is 6.92 Å². The highest BCUT2D eigenvalue weighted by molar-refractivity contribution is 7.99. The molecule has 3 N–H and O–H groups in total. The van der Waals surface area contributed by atoms with Crippen molar-refractivity contribution >= 4 is 29.3 Å². The Kier molecular flexibility index (Phi) is 6.94. The van der Waals surface area contributed by atoms with E-state index in [1.54, 1.807) is 16.7 Å². The number of aryl methyl sites for hydroxylation is 1. The van der Waals surface area contributed by atoms with E-state index in [1.807, 2.05) is 25.1 Å². The Hall–Kier alpha value is -3.07. The van der Waals surface area contributed by atoms with Crippen LogP contribution in [0.2, 0.25) is 0 Å². The third-order valence-electron chi connectivity index (χ3n) is 4.56. The molecule has 0 spiro atoms. The first kappa shape index (κ1) is 21.6. The van der Waals surface area contributed by atoms with Crippen molar-refractivity contribution in [2.75, 3.05) is 11.1 Å². The molecule has 0 bridgehead atoms. The van der Waals surface area contributed by atoms with Crippen LogP contribution in [0.15, 0.2) is 46.2 Å². The molecule has 2 heterocycles. The third-order valence-corrected chi connectivity index (χ3v) is 5.53. The maximum Gasteiger partial charge on any atom is 0.234 e. The number of benzene rings is 1. The Morgan fingerprint density at radius 2 is 2.03 bits per heavy atom. The molecular weight excluding hydrogens is 402 g/mol. The van der Waals surface area contributed by atoms with Gasteiger partial charge in [0.1, 0.15) is 0 Å². The van der Waals surface area contributed by atoms with Crippen LogP contribution in [0.5, 0.6) is 0 Å². The molecule has 2 aromatic heterocycles. The van der Waals surface area contributed by atoms with Crippen LogP contribution >= 0.6 is 11.8 Å². The van der Waals surface area contributed by atoms with Crippen molar-refractivity contribution in [3.63, 3.8) is 0 Å². The molecule has 0 atom stereocenters. The normalized spacial score (nSPS) is 11.1. The van der Waals surface area contributed by atoms with Gasteiger partial charge in [-0.1, -0.05) is 43.8 Å². The largest absolute Gasteiger partial charge is 0.461 e. The predicted octanol–water partition coefficient (Wildman–Crippen LogP) is 3.58. The van der Waals surface area contributed by atoms with E-state index in [9.17, 15) is 9.59 Å². The van der Waals surface area contributed by atoms with Gasteiger partial charge in [0.25, 0.3) is 0 Å². The lowest BCUT2D eigenvalue weighted by molar-refractivity contribution is -0.118. The number of furan rings is 1. The molecular formula is C21H25N5O3S. The number of nitrogens with zero attached hydrogens (tertiary/aromatic N) is 3. The molecule has 1 aromatic carbocycles. The van der Waals surface area contributed by atoms with Crippen molar-refractivity contribution in [3.8, 4) is 11.6 Å². The number of para-hydroxylation sites is 1. The van der Waals surface area contributed by atoms with Gasteiger partial charge in [-0.3, -0.25) is 14.2 Å². The van der Waals surface area contributed by atoms with Gasteiger partial charge in [0.2, 0.25) is 11.8 Å². The van der Waals surface area contributed by atoms with Crippen molar-refractivity contribution in [1.82, 2.24) is 14.8 Å². The molecule has 0 radical (unpaired) electrons. The van der Waals surface area contributed by atoms with Crippen LogP contribution in [0.4, 0.5) is 5.69 Å². The first-order valence-corrected chi connectivity index (χ1v) is 10.6. The Balaban J connectivity index is 1.74. The molecule has 0 aliphatic carbocycles. The predicted molar refractivity (Wildman–Crippen MR) is 116 cm³/mol. The van der Waals surface area contributed by atoms with Crippen LogP contribution in [-0.2, 0) is 16.1 Å². The Bertz CT molecular complexity index is 1030. The zero-order chi connectivity index (χ0) is 21.7. The summed E-state index contributed by atoms with van der Waals surface area (Å²) in [5, 5.41) is 11.9. The number of aromatic nitrogens is 3. The summed E-state index contributed by atoms with van der Waals surface area (Å²) in [4.78, 5) is 23.9. The Morgan fingerprint density at radius 1 is 1.23 bits per heavy atom. The second kappa shape index (κ2) is 9.62. The average Bonchev–Trinajstić information content (AvgIpc) is 3.35. The van der Waals surface area contributed by atoms with Crippen molar-refractivity contribution < 1.29 is 14.0 Å². The molecule has 0 unspecified atom stereocenters. The number of hydrogen-bond acceptors (Lipinski definition) is 6. The summed E-state index contributed by atoms with van der Waals surface area (Å²) >= 11 is 1.25. The summed E-state index contributed by atoms with van der Waals surface area (Å²) in [6, 6.07) is 9.50. The summed E-state index contributed by atoms with van der Waals surface area (Å²) in [6.45, 7) is 6.47. The maximum atomic E-state index is 12.6. The molecule has 30 heavy (non-hydrogen) atoms. The van der Waals surface area contributed by atoms with Gasteiger partial charge in [-0.25, -0.2) is 0 Å². The van der Waals surface area contributed by atoms with Crippen LogP contribution in [0.1, 0.15) is 37.3 Å². The quantitative estimate of drug-likeness (QED) is 0.504. The number of amides is 2. The summed E-state index contributed by atoms with van der Waals surface area (Å²) in [5.74, 6) is 0.901. The molecule has 0 saturated heterocycles. The lowest BCUT2D eigenvalue weighted by atomic mass is 9.98. The van der Waals surface area contributed by atoms with Gasteiger partial charge in [-0.2, -0.15) is 0 Å². The van der Waals surface area contributed by atoms with Gasteiger partial charge in [-0.05, 0) is 36.1 Å². The van der Waals surface area contributed by atoms with Crippen LogP contribution in [0.3, 0.4) is 0 Å². The van der Waals surface area contributed by atoms with E-state index in [4.69, 9.17) is 10.2 Å². The van der Waals surface area contributed by atoms with Crippen molar-refractivity contribution in [2.24, 2.45) is 5.73 Å². The summed E-state index contributed by atoms with van der Waals surface area (Å²) in [7, 11) is 0. The molecule has 3 aromatic rings. The lowest BCUT2D eigenvalue weighted by Gasteiger charge is -2.16. The van der Waals surface area contributed by atoms with E-state index in [1.165, 1.54) is 18.0 Å². The van der Waals surface area contributed by atoms with Gasteiger partial charge >= 0.3 is 0 Å². The minimum atomic E-state index is -0.427. The smallest absolute Gasteiger partial charge is 0.234 e. The molecule has 8 nitrogen and oxygen atoms in total. The van der Waals surface area contributed by atoms with Crippen LogP contribution in [0.25, 0.3) is 11.6 Å². The Labute approximate surface area is 179 Å². The fraction of sp³-hybridized carbons (Fsp3) is 0.333. The number of rotatable bonds is 9. The van der Waals surface area contributed by atoms with E-state index in [2.05, 4.69) is 29.4 Å². The zero-order valence-corrected chi connectivity index (χ0v) is 18.0. The molecule has 3 rings (SSSR count). The first-order chi connectivity index (χ1) is 14.4. The SMILES string of the molecule is Cc1cccc(C(C)C)c1NC(=O)CSc1nnc(-c2ccco2)n1CCC(N)=O. The van der Waals surface area contributed by atoms with Crippen molar-refractivity contribution in [3.05, 3.63) is 47.7 Å². The highest BCUT2D eigenvalue weighted by Gasteiger charge is 2.19. The van der Waals surface area contributed by atoms with Crippen LogP contribution < -0.4 is 11.1 Å². The highest BCUT2D eigenvalue weighted by atomic mass is 32.2. The number of nitrogens with two attached hydrogens (primary N) is 1. The minimum Gasteiger partial charge on any atom is -0.461 e. The minimum absolute atomic E-state index is 0.131. The van der Waals surface area contributed by atoms with Gasteiger partial charge in [0.15, 0.2) is 16.7 Å². The van der Waals surface area contributed by atoms with Gasteiger partial charge in [-0.15, -0.1) is 10.2 Å². The first-order valence-electron chi connectivity index (χ1n) is 9.64. The molecule has 0 aliphatic heterocycles. The van der Waals surface area contributed by atoms with Crippen molar-refractivity contribution in [1.29, 1.82) is 0 Å². The lowest BCUT2D eigenvalue weighted by Crippen LogP contribution is -2.18. The zero-order valence-electron chi connectivity index (χ0n) is 17.2. The van der Waals surface area contributed by atoms with Crippen LogP contribution in [-0.4, -0.2) is 32.3 Å². The number of thioether (sulfide) groups is 1. The number of nitrogens with one attached hydrogen (secondary N) is 1. The van der Waals surface area contributed by atoms with E-state index in [-0.39, 0.29) is 18.1 Å². The van der Waals surface area contributed by atoms with Gasteiger partial charge < -0.3 is 15.5 Å². The van der Waals surface area contributed by atoms with E-state index in [0.717, 1.165) is 16.8 Å². The number of anilines is 1. The molecule has 0 saturated carbocycles. The molecule has 158 valence electrons. The number of hydrogen-bond donors (Lipinski definition) is 2. The summed E-state index contributed by atoms with van der Waals surface area (Å²) in [6.07, 6.45) is 1.67. The molecule has 2 amide bonds. The maximum absolute atomic E-state index is 12.6. The summed E-state index contributed by atoms with van der Waals surface area (Å²) in [5.41, 5.74) is 8.27. The van der Waals surface area contributed by atoms with Gasteiger partial charge in [0.05, 0.1) is 12.0 Å². The standard InChI is InChI=1S/C21H25N5O3S/c1-13(2)15-7-4-6-14(3)19(15)23-18(28)12-30-21-25-24-20(16-8-5-11-29-16)26(21)10-9-17(22)27/h4-8,11,13H,9-10,12H2,1-3H3,(H2,22,27)(H,23,28). The van der Waals surface area contributed by atoms with E-state index < -0.39 is 5.91 Å². The van der Waals surface area contributed by atoms with Gasteiger partial charge in [0, 0.05) is 18.7 Å². The number of carbonyl (C=O) groups is 2. The molecule has 9 heteroatoms. The Morgan fingerprint density at radius 3 is 2.70 bits per heavy atom. The fourth-order valence-corrected chi connectivity index (χ4v) is 3.82. The molecule has 0 fully saturated rings. The number of primary amides is 1. The second-order valence-electron chi connectivity index (χ2n) is 7.18. The number of carbonyl (C=O) groups excluding carboxylic acids is 2. The monoisotopic (exact) mass is 427 g/mol. The second-order valence-corrected chi connectivity index (χ2v) is 8.12. The van der Waals surface area contributed by atoms with E-state index >= 15 is 0 Å². The highest BCUT2D eigenvalue weighted by Crippen LogP contribution is 2.28. The molecule has 0 aliphatic rings. The summed E-state index contributed by atoms with van der Waals surface area (Å²) < 4.78 is 7.15.